The summed E-state index contributed by atoms with van der Waals surface area (Å²) in [4.78, 5) is 37.8. The summed E-state index contributed by atoms with van der Waals surface area (Å²) in [6.07, 6.45) is -1.01. The summed E-state index contributed by atoms with van der Waals surface area (Å²) < 4.78 is 15.4. The molecule has 25 heavy (non-hydrogen) atoms. The fourth-order valence-corrected chi connectivity index (χ4v) is 2.93. The number of anilines is 1. The lowest BCUT2D eigenvalue weighted by Crippen LogP contribution is -2.72. The maximum absolute atomic E-state index is 12.6. The summed E-state index contributed by atoms with van der Waals surface area (Å²) >= 11 is 0. The number of carbonyl (C=O) groups is 3. The van der Waals surface area contributed by atoms with Crippen molar-refractivity contribution in [1.29, 1.82) is 0 Å². The second kappa shape index (κ2) is 7.13. The average Bonchev–Trinajstić information content (AvgIpc) is 2.57. The van der Waals surface area contributed by atoms with Gasteiger partial charge in [0.25, 0.3) is 5.91 Å². The average molecular weight is 349 g/mol. The number of amides is 1. The maximum atomic E-state index is 12.6. The quantitative estimate of drug-likeness (QED) is 0.576. The van der Waals surface area contributed by atoms with Gasteiger partial charge in [0, 0.05) is 12.6 Å². The Morgan fingerprint density at radius 2 is 1.80 bits per heavy atom. The van der Waals surface area contributed by atoms with Gasteiger partial charge in [0.15, 0.2) is 0 Å². The van der Waals surface area contributed by atoms with Crippen molar-refractivity contribution in [3.8, 4) is 5.75 Å². The number of ether oxygens (including phenoxy) is 3. The van der Waals surface area contributed by atoms with E-state index in [0.717, 1.165) is 0 Å². The first-order valence-corrected chi connectivity index (χ1v) is 8.05. The minimum Gasteiger partial charge on any atom is -0.497 e. The first kappa shape index (κ1) is 18.8. The molecule has 0 unspecified atom stereocenters. The molecule has 2 rings (SSSR count). The van der Waals surface area contributed by atoms with Crippen LogP contribution >= 0.6 is 0 Å². The number of nitrogens with zero attached hydrogens (tertiary/aromatic N) is 1. The number of hydrogen-bond donors (Lipinski definition) is 0. The summed E-state index contributed by atoms with van der Waals surface area (Å²) in [7, 11) is 1.55. The van der Waals surface area contributed by atoms with Crippen LogP contribution in [-0.2, 0) is 23.9 Å². The number of methoxy groups -OCH3 is 1. The number of esters is 2. The highest BCUT2D eigenvalue weighted by Crippen LogP contribution is 2.41. The van der Waals surface area contributed by atoms with Gasteiger partial charge in [-0.3, -0.25) is 14.4 Å². The molecule has 0 spiro atoms. The molecule has 0 saturated carbocycles. The molecule has 1 aliphatic rings. The van der Waals surface area contributed by atoms with Crippen molar-refractivity contribution in [1.82, 2.24) is 0 Å². The smallest absolute Gasteiger partial charge is 0.313 e. The molecule has 1 aliphatic heterocycles. The van der Waals surface area contributed by atoms with Crippen LogP contribution in [0.15, 0.2) is 24.3 Å². The summed E-state index contributed by atoms with van der Waals surface area (Å²) in [5.74, 6) is -0.752. The van der Waals surface area contributed by atoms with E-state index in [0.29, 0.717) is 11.4 Å². The molecule has 1 fully saturated rings. The van der Waals surface area contributed by atoms with E-state index in [-0.39, 0.29) is 12.5 Å². The van der Waals surface area contributed by atoms with Crippen molar-refractivity contribution in [2.45, 2.75) is 39.8 Å². The molecule has 1 saturated heterocycles. The van der Waals surface area contributed by atoms with Crippen molar-refractivity contribution in [2.75, 3.05) is 18.6 Å². The number of benzene rings is 1. The molecule has 1 heterocycles. The Kier molecular flexibility index (Phi) is 5.35. The second-order valence-corrected chi connectivity index (χ2v) is 6.32. The van der Waals surface area contributed by atoms with E-state index in [9.17, 15) is 14.4 Å². The summed E-state index contributed by atoms with van der Waals surface area (Å²) in [6, 6.07) is 6.22. The molecule has 0 aromatic heterocycles. The van der Waals surface area contributed by atoms with Gasteiger partial charge in [-0.1, -0.05) is 0 Å². The lowest BCUT2D eigenvalue weighted by molar-refractivity contribution is -0.172. The number of carbonyl (C=O) groups excluding carboxylic acids is 3. The van der Waals surface area contributed by atoms with Gasteiger partial charge in [0.05, 0.1) is 25.2 Å². The van der Waals surface area contributed by atoms with E-state index in [2.05, 4.69) is 0 Å². The zero-order valence-electron chi connectivity index (χ0n) is 15.1. The van der Waals surface area contributed by atoms with Crippen molar-refractivity contribution in [3.05, 3.63) is 24.3 Å². The Morgan fingerprint density at radius 1 is 1.20 bits per heavy atom. The largest absolute Gasteiger partial charge is 0.497 e. The molecule has 7 nitrogen and oxygen atoms in total. The third-order valence-electron chi connectivity index (χ3n) is 4.23. The van der Waals surface area contributed by atoms with E-state index in [1.54, 1.807) is 52.1 Å². The lowest BCUT2D eigenvalue weighted by Gasteiger charge is -2.51. The van der Waals surface area contributed by atoms with Gasteiger partial charge in [-0.2, -0.15) is 0 Å². The van der Waals surface area contributed by atoms with Crippen LogP contribution in [0.25, 0.3) is 0 Å². The fraction of sp³-hybridized carbons (Fsp3) is 0.500. The summed E-state index contributed by atoms with van der Waals surface area (Å²) in [6.45, 7) is 6.52. The van der Waals surface area contributed by atoms with Gasteiger partial charge in [0.1, 0.15) is 5.75 Å². The van der Waals surface area contributed by atoms with Gasteiger partial charge in [-0.25, -0.2) is 0 Å². The molecule has 0 radical (unpaired) electrons. The second-order valence-electron chi connectivity index (χ2n) is 6.32. The van der Waals surface area contributed by atoms with Gasteiger partial charge in [-0.05, 0) is 45.0 Å². The van der Waals surface area contributed by atoms with Crippen molar-refractivity contribution in [3.63, 3.8) is 0 Å². The first-order valence-electron chi connectivity index (χ1n) is 8.05. The fourth-order valence-electron chi connectivity index (χ4n) is 2.93. The highest BCUT2D eigenvalue weighted by molar-refractivity contribution is 6.07. The SMILES string of the molecule is CCOC(=O)C(C)(C)[C@@H]1[C@H](OC(C)=O)C(=O)N1c1ccc(OC)cc1. The van der Waals surface area contributed by atoms with Gasteiger partial charge < -0.3 is 19.1 Å². The monoisotopic (exact) mass is 349 g/mol. The minimum absolute atomic E-state index is 0.226. The molecule has 0 N–H and O–H groups in total. The Balaban J connectivity index is 2.37. The predicted octanol–water partition coefficient (Wildman–Crippen LogP) is 1.93. The zero-order valence-corrected chi connectivity index (χ0v) is 15.1. The van der Waals surface area contributed by atoms with Crippen LogP contribution in [0.1, 0.15) is 27.7 Å². The molecular formula is C18H23NO6. The van der Waals surface area contributed by atoms with Crippen LogP contribution in [0, 0.1) is 5.41 Å². The zero-order chi connectivity index (χ0) is 18.8. The van der Waals surface area contributed by atoms with Crippen LogP contribution in [0.2, 0.25) is 0 Å². The Morgan fingerprint density at radius 3 is 2.28 bits per heavy atom. The van der Waals surface area contributed by atoms with Gasteiger partial charge in [0.2, 0.25) is 6.10 Å². The molecule has 0 bridgehead atoms. The van der Waals surface area contributed by atoms with Crippen molar-refractivity contribution in [2.24, 2.45) is 5.41 Å². The van der Waals surface area contributed by atoms with Crippen LogP contribution in [0.3, 0.4) is 0 Å². The molecule has 1 amide bonds. The molecule has 1 aromatic rings. The molecule has 1 aromatic carbocycles. The van der Waals surface area contributed by atoms with E-state index >= 15 is 0 Å². The highest BCUT2D eigenvalue weighted by Gasteiger charge is 2.60. The maximum Gasteiger partial charge on any atom is 0.313 e. The number of rotatable bonds is 6. The topological polar surface area (TPSA) is 82.1 Å². The van der Waals surface area contributed by atoms with Gasteiger partial charge in [-0.15, -0.1) is 0 Å². The third kappa shape index (κ3) is 3.45. The van der Waals surface area contributed by atoms with Crippen LogP contribution in [0.4, 0.5) is 5.69 Å². The van der Waals surface area contributed by atoms with Crippen molar-refractivity contribution < 1.29 is 28.6 Å². The van der Waals surface area contributed by atoms with Gasteiger partial charge >= 0.3 is 11.9 Å². The Bertz CT molecular complexity index is 667. The normalized spacial score (nSPS) is 19.9. The molecule has 0 aliphatic carbocycles. The first-order chi connectivity index (χ1) is 11.7. The third-order valence-corrected chi connectivity index (χ3v) is 4.23. The van der Waals surface area contributed by atoms with Crippen molar-refractivity contribution >= 4 is 23.5 Å². The summed E-state index contributed by atoms with van der Waals surface area (Å²) in [5, 5.41) is 0. The van der Waals surface area contributed by atoms with Crippen LogP contribution in [-0.4, -0.2) is 43.7 Å². The molecular weight excluding hydrogens is 326 g/mol. The van der Waals surface area contributed by atoms with E-state index in [4.69, 9.17) is 14.2 Å². The highest BCUT2D eigenvalue weighted by atomic mass is 16.6. The predicted molar refractivity (Wildman–Crippen MR) is 90.2 cm³/mol. The number of β-lactam (4-membered cyclic amide) rings is 1. The van der Waals surface area contributed by atoms with E-state index < -0.39 is 29.5 Å². The Hall–Kier alpha value is -2.57. The molecule has 7 heteroatoms. The lowest BCUT2D eigenvalue weighted by atomic mass is 9.74. The Labute approximate surface area is 146 Å². The van der Waals surface area contributed by atoms with Crippen LogP contribution < -0.4 is 9.64 Å². The van der Waals surface area contributed by atoms with E-state index in [1.165, 1.54) is 11.8 Å². The summed E-state index contributed by atoms with van der Waals surface area (Å²) in [5.41, 5.74) is -0.458. The van der Waals surface area contributed by atoms with E-state index in [1.807, 2.05) is 0 Å². The number of hydrogen-bond acceptors (Lipinski definition) is 6. The van der Waals surface area contributed by atoms with Crippen LogP contribution in [0.5, 0.6) is 5.75 Å². The standard InChI is InChI=1S/C18H23NO6/c1-6-24-17(22)18(3,4)15-14(25-11(2)20)16(21)19(15)12-7-9-13(23-5)10-8-12/h7-10,14-15H,6H2,1-5H3/t14-,15-/m0/s1. The molecule has 2 atom stereocenters. The molecule has 136 valence electrons. The minimum atomic E-state index is -1.05.